The van der Waals surface area contributed by atoms with Crippen molar-refractivity contribution in [3.63, 3.8) is 0 Å². The van der Waals surface area contributed by atoms with Crippen LogP contribution in [0.1, 0.15) is 10.4 Å². The number of benzene rings is 2. The van der Waals surface area contributed by atoms with Crippen LogP contribution in [0.5, 0.6) is 11.5 Å². The lowest BCUT2D eigenvalue weighted by Gasteiger charge is -2.11. The lowest BCUT2D eigenvalue weighted by Crippen LogP contribution is -2.20. The molecule has 0 aliphatic carbocycles. The minimum absolute atomic E-state index is 0.0327. The van der Waals surface area contributed by atoms with Crippen molar-refractivity contribution in [2.24, 2.45) is 0 Å². The van der Waals surface area contributed by atoms with E-state index in [1.165, 1.54) is 25.3 Å². The van der Waals surface area contributed by atoms with Gasteiger partial charge >= 0.3 is 0 Å². The van der Waals surface area contributed by atoms with E-state index in [-0.39, 0.29) is 28.8 Å². The number of carbonyl (C=O) groups excluding carboxylic acids is 2. The van der Waals surface area contributed by atoms with Crippen LogP contribution in [0.2, 0.25) is 5.02 Å². The van der Waals surface area contributed by atoms with Crippen LogP contribution in [0.4, 0.5) is 11.4 Å². The standard InChI is InChI=1S/C16H13ClN2O6/c1-24-14-5-2-10(8-20)6-15(14)25-9-16(21)18-11-3-4-12(17)13(7-11)19(22)23/h2-8H,9H2,1H3,(H,18,21). The van der Waals surface area contributed by atoms with Crippen LogP contribution < -0.4 is 14.8 Å². The molecule has 0 aliphatic rings. The molecule has 0 heterocycles. The largest absolute Gasteiger partial charge is 0.493 e. The van der Waals surface area contributed by atoms with Crippen LogP contribution in [-0.4, -0.2) is 30.8 Å². The highest BCUT2D eigenvalue weighted by atomic mass is 35.5. The number of hydrogen-bond acceptors (Lipinski definition) is 6. The highest BCUT2D eigenvalue weighted by Crippen LogP contribution is 2.28. The van der Waals surface area contributed by atoms with Crippen LogP contribution in [0.15, 0.2) is 36.4 Å². The van der Waals surface area contributed by atoms with Gasteiger partial charge in [0.05, 0.1) is 12.0 Å². The summed E-state index contributed by atoms with van der Waals surface area (Å²) in [6.45, 7) is -0.380. The number of halogens is 1. The summed E-state index contributed by atoms with van der Waals surface area (Å²) in [4.78, 5) is 33.0. The Balaban J connectivity index is 2.05. The van der Waals surface area contributed by atoms with E-state index < -0.39 is 10.8 Å². The topological polar surface area (TPSA) is 108 Å². The van der Waals surface area contributed by atoms with Crippen molar-refractivity contribution in [3.05, 3.63) is 57.1 Å². The Morgan fingerprint density at radius 2 is 2.04 bits per heavy atom. The molecule has 25 heavy (non-hydrogen) atoms. The number of nitro groups is 1. The zero-order valence-corrected chi connectivity index (χ0v) is 13.8. The highest BCUT2D eigenvalue weighted by Gasteiger charge is 2.14. The smallest absolute Gasteiger partial charge is 0.289 e. The number of nitrogens with one attached hydrogen (secondary N) is 1. The Morgan fingerprint density at radius 3 is 2.68 bits per heavy atom. The van der Waals surface area contributed by atoms with Gasteiger partial charge in [0.1, 0.15) is 11.3 Å². The number of rotatable bonds is 7. The van der Waals surface area contributed by atoms with E-state index in [0.29, 0.717) is 17.6 Å². The SMILES string of the molecule is COc1ccc(C=O)cc1OCC(=O)Nc1ccc(Cl)c([N+](=O)[O-])c1. The van der Waals surface area contributed by atoms with Gasteiger partial charge in [0, 0.05) is 17.3 Å². The summed E-state index contributed by atoms with van der Waals surface area (Å²) in [5, 5.41) is 13.3. The number of aldehydes is 1. The van der Waals surface area contributed by atoms with Crippen LogP contribution in [0, 0.1) is 10.1 Å². The molecule has 9 heteroatoms. The Bertz CT molecular complexity index is 824. The highest BCUT2D eigenvalue weighted by molar-refractivity contribution is 6.32. The first-order chi connectivity index (χ1) is 11.9. The Kier molecular flexibility index (Phi) is 5.91. The van der Waals surface area contributed by atoms with Crippen molar-refractivity contribution in [1.82, 2.24) is 0 Å². The minimum Gasteiger partial charge on any atom is -0.493 e. The summed E-state index contributed by atoms with van der Waals surface area (Å²) < 4.78 is 10.4. The second-order valence-electron chi connectivity index (χ2n) is 4.79. The predicted octanol–water partition coefficient (Wildman–Crippen LogP) is 3.09. The number of anilines is 1. The number of ether oxygens (including phenoxy) is 2. The molecule has 0 unspecified atom stereocenters. The Morgan fingerprint density at radius 1 is 1.28 bits per heavy atom. The average Bonchev–Trinajstić information content (AvgIpc) is 2.61. The molecule has 0 bridgehead atoms. The molecule has 0 radical (unpaired) electrons. The van der Waals surface area contributed by atoms with Gasteiger partial charge in [-0.2, -0.15) is 0 Å². The number of carbonyl (C=O) groups is 2. The van der Waals surface area contributed by atoms with E-state index in [1.54, 1.807) is 12.1 Å². The average molecular weight is 365 g/mol. The fourth-order valence-corrected chi connectivity index (χ4v) is 2.14. The van der Waals surface area contributed by atoms with Gasteiger partial charge in [0.25, 0.3) is 11.6 Å². The molecular formula is C16H13ClN2O6. The van der Waals surface area contributed by atoms with E-state index in [2.05, 4.69) is 5.32 Å². The summed E-state index contributed by atoms with van der Waals surface area (Å²) in [7, 11) is 1.43. The first-order valence-corrected chi connectivity index (χ1v) is 7.32. The lowest BCUT2D eigenvalue weighted by atomic mass is 10.2. The molecular weight excluding hydrogens is 352 g/mol. The molecule has 0 aliphatic heterocycles. The summed E-state index contributed by atoms with van der Waals surface area (Å²) in [5.74, 6) is 0.0417. The third kappa shape index (κ3) is 4.67. The number of amides is 1. The molecule has 8 nitrogen and oxygen atoms in total. The molecule has 1 amide bonds. The fraction of sp³-hybridized carbons (Fsp3) is 0.125. The van der Waals surface area contributed by atoms with Gasteiger partial charge in [0.15, 0.2) is 18.1 Å². The molecule has 2 rings (SSSR count). The van der Waals surface area contributed by atoms with Gasteiger partial charge < -0.3 is 14.8 Å². The van der Waals surface area contributed by atoms with Crippen molar-refractivity contribution in [3.8, 4) is 11.5 Å². The zero-order chi connectivity index (χ0) is 18.4. The Hall–Kier alpha value is -3.13. The van der Waals surface area contributed by atoms with Crippen molar-refractivity contribution in [2.45, 2.75) is 0 Å². The monoisotopic (exact) mass is 364 g/mol. The first-order valence-electron chi connectivity index (χ1n) is 6.94. The maximum absolute atomic E-state index is 12.0. The van der Waals surface area contributed by atoms with Crippen molar-refractivity contribution in [1.29, 1.82) is 0 Å². The van der Waals surface area contributed by atoms with Crippen molar-refractivity contribution >= 4 is 35.2 Å². The summed E-state index contributed by atoms with van der Waals surface area (Å²) in [6.07, 6.45) is 0.638. The van der Waals surface area contributed by atoms with E-state index in [9.17, 15) is 19.7 Å². The van der Waals surface area contributed by atoms with E-state index in [1.807, 2.05) is 0 Å². The van der Waals surface area contributed by atoms with E-state index in [4.69, 9.17) is 21.1 Å². The second-order valence-corrected chi connectivity index (χ2v) is 5.20. The number of methoxy groups -OCH3 is 1. The van der Waals surface area contributed by atoms with Gasteiger partial charge in [-0.3, -0.25) is 19.7 Å². The number of nitrogens with zero attached hydrogens (tertiary/aromatic N) is 1. The molecule has 0 saturated carbocycles. The first kappa shape index (κ1) is 18.2. The molecule has 130 valence electrons. The summed E-state index contributed by atoms with van der Waals surface area (Å²) >= 11 is 5.71. The zero-order valence-electron chi connectivity index (χ0n) is 13.0. The summed E-state index contributed by atoms with van der Waals surface area (Å²) in [6, 6.07) is 8.42. The number of nitro benzene ring substituents is 1. The maximum atomic E-state index is 12.0. The molecule has 0 fully saturated rings. The third-order valence-corrected chi connectivity index (χ3v) is 3.43. The van der Waals surface area contributed by atoms with E-state index in [0.717, 1.165) is 6.07 Å². The third-order valence-electron chi connectivity index (χ3n) is 3.11. The van der Waals surface area contributed by atoms with Crippen LogP contribution in [0.3, 0.4) is 0 Å². The number of hydrogen-bond donors (Lipinski definition) is 1. The van der Waals surface area contributed by atoms with Gasteiger partial charge in [-0.05, 0) is 30.3 Å². The predicted molar refractivity (Wildman–Crippen MR) is 90.6 cm³/mol. The molecule has 1 N–H and O–H groups in total. The van der Waals surface area contributed by atoms with Crippen LogP contribution in [-0.2, 0) is 4.79 Å². The van der Waals surface area contributed by atoms with Gasteiger partial charge in [-0.15, -0.1) is 0 Å². The lowest BCUT2D eigenvalue weighted by molar-refractivity contribution is -0.384. The minimum atomic E-state index is -0.649. The van der Waals surface area contributed by atoms with E-state index >= 15 is 0 Å². The van der Waals surface area contributed by atoms with Gasteiger partial charge in [-0.25, -0.2) is 0 Å². The molecule has 0 spiro atoms. The van der Waals surface area contributed by atoms with Crippen molar-refractivity contribution in [2.75, 3.05) is 19.0 Å². The molecule has 2 aromatic carbocycles. The van der Waals surface area contributed by atoms with Crippen LogP contribution in [0.25, 0.3) is 0 Å². The fourth-order valence-electron chi connectivity index (χ4n) is 1.95. The normalized spacial score (nSPS) is 10.0. The molecule has 0 atom stereocenters. The maximum Gasteiger partial charge on any atom is 0.289 e. The van der Waals surface area contributed by atoms with Crippen LogP contribution >= 0.6 is 11.6 Å². The second kappa shape index (κ2) is 8.11. The Labute approximate surface area is 147 Å². The summed E-state index contributed by atoms with van der Waals surface area (Å²) in [5.41, 5.74) is 0.253. The molecule has 0 saturated heterocycles. The van der Waals surface area contributed by atoms with Gasteiger partial charge in [-0.1, -0.05) is 11.6 Å². The quantitative estimate of drug-likeness (QED) is 0.459. The van der Waals surface area contributed by atoms with Crippen molar-refractivity contribution < 1.29 is 24.0 Å². The molecule has 2 aromatic rings. The van der Waals surface area contributed by atoms with Gasteiger partial charge in [0.2, 0.25) is 0 Å². The molecule has 0 aromatic heterocycles.